The van der Waals surface area contributed by atoms with Crippen molar-refractivity contribution in [3.8, 4) is 22.6 Å². The Morgan fingerprint density at radius 2 is 1.46 bits per heavy atom. The first-order valence-electron chi connectivity index (χ1n) is 11.7. The smallest absolute Gasteiger partial charge is 0.235 e. The minimum atomic E-state index is -0.653. The molecule has 3 aromatic carbocycles. The van der Waals surface area contributed by atoms with Crippen LogP contribution in [0.15, 0.2) is 91.3 Å². The number of nitrogens with one attached hydrogen (secondary N) is 1. The average Bonchev–Trinajstić information content (AvgIpc) is 2.91. The van der Waals surface area contributed by atoms with Gasteiger partial charge in [0.1, 0.15) is 17.3 Å². The molecular formula is C29H27N3O3. The van der Waals surface area contributed by atoms with E-state index in [0.717, 1.165) is 34.0 Å². The maximum absolute atomic E-state index is 13.6. The standard InChI is InChI=1S/C29H27N3O3/c1-21-30-19-23(20-31-21)22-7-9-24(10-8-22)29(15-17-34-18-16-29)28(33)32-25-11-13-27(14-12-25)35-26-5-3-2-4-6-26/h2-14,19-20H,15-18H2,1H3,(H,32,33). The van der Waals surface area contributed by atoms with Crippen LogP contribution in [0.5, 0.6) is 11.5 Å². The van der Waals surface area contributed by atoms with Crippen LogP contribution in [-0.4, -0.2) is 29.1 Å². The molecule has 0 aliphatic carbocycles. The Hall–Kier alpha value is -4.03. The van der Waals surface area contributed by atoms with Crippen molar-refractivity contribution in [3.63, 3.8) is 0 Å². The number of amides is 1. The third-order valence-electron chi connectivity index (χ3n) is 6.42. The van der Waals surface area contributed by atoms with E-state index in [4.69, 9.17) is 9.47 Å². The molecule has 1 aliphatic heterocycles. The van der Waals surface area contributed by atoms with Crippen LogP contribution >= 0.6 is 0 Å². The van der Waals surface area contributed by atoms with Crippen molar-refractivity contribution in [1.82, 2.24) is 9.97 Å². The number of nitrogens with zero attached hydrogens (tertiary/aromatic N) is 2. The molecule has 1 N–H and O–H groups in total. The lowest BCUT2D eigenvalue weighted by Crippen LogP contribution is -2.44. The summed E-state index contributed by atoms with van der Waals surface area (Å²) in [6, 6.07) is 25.2. The lowest BCUT2D eigenvalue weighted by Gasteiger charge is -2.36. The molecule has 6 heteroatoms. The summed E-state index contributed by atoms with van der Waals surface area (Å²) >= 11 is 0. The van der Waals surface area contributed by atoms with Gasteiger partial charge in [0, 0.05) is 36.9 Å². The summed E-state index contributed by atoms with van der Waals surface area (Å²) in [5.41, 5.74) is 3.03. The minimum Gasteiger partial charge on any atom is -0.457 e. The van der Waals surface area contributed by atoms with Gasteiger partial charge in [-0.15, -0.1) is 0 Å². The zero-order valence-corrected chi connectivity index (χ0v) is 19.6. The maximum Gasteiger partial charge on any atom is 0.235 e. The number of para-hydroxylation sites is 1. The van der Waals surface area contributed by atoms with Crippen LogP contribution in [0.3, 0.4) is 0 Å². The summed E-state index contributed by atoms with van der Waals surface area (Å²) in [5, 5.41) is 3.12. The number of aryl methyl sites for hydroxylation is 1. The van der Waals surface area contributed by atoms with E-state index < -0.39 is 5.41 Å². The summed E-state index contributed by atoms with van der Waals surface area (Å²) in [6.45, 7) is 2.96. The maximum atomic E-state index is 13.6. The molecule has 0 radical (unpaired) electrons. The highest BCUT2D eigenvalue weighted by Crippen LogP contribution is 2.37. The number of carbonyl (C=O) groups is 1. The highest BCUT2D eigenvalue weighted by molar-refractivity contribution is 5.99. The first kappa shape index (κ1) is 22.7. The van der Waals surface area contributed by atoms with Crippen molar-refractivity contribution in [1.29, 1.82) is 0 Å². The zero-order chi connectivity index (χ0) is 24.1. The monoisotopic (exact) mass is 465 g/mol. The average molecular weight is 466 g/mol. The predicted molar refractivity (Wildman–Crippen MR) is 136 cm³/mol. The fourth-order valence-electron chi connectivity index (χ4n) is 4.37. The van der Waals surface area contributed by atoms with Gasteiger partial charge in [-0.2, -0.15) is 0 Å². The third-order valence-corrected chi connectivity index (χ3v) is 6.42. The molecule has 1 aromatic heterocycles. The minimum absolute atomic E-state index is 0.0241. The van der Waals surface area contributed by atoms with Crippen LogP contribution in [0.1, 0.15) is 24.2 Å². The second-order valence-electron chi connectivity index (χ2n) is 8.68. The van der Waals surface area contributed by atoms with E-state index >= 15 is 0 Å². The molecule has 2 heterocycles. The molecule has 0 atom stereocenters. The Bertz CT molecular complexity index is 1270. The zero-order valence-electron chi connectivity index (χ0n) is 19.6. The molecule has 176 valence electrons. The number of ether oxygens (including phenoxy) is 2. The third kappa shape index (κ3) is 5.08. The van der Waals surface area contributed by atoms with E-state index in [1.54, 1.807) is 0 Å². The van der Waals surface area contributed by atoms with Crippen molar-refractivity contribution in [2.75, 3.05) is 18.5 Å². The van der Waals surface area contributed by atoms with Crippen LogP contribution in [0.25, 0.3) is 11.1 Å². The quantitative estimate of drug-likeness (QED) is 0.382. The first-order chi connectivity index (χ1) is 17.1. The van der Waals surface area contributed by atoms with Gasteiger partial charge in [-0.1, -0.05) is 42.5 Å². The normalized spacial score (nSPS) is 14.8. The van der Waals surface area contributed by atoms with Crippen LogP contribution < -0.4 is 10.1 Å². The van der Waals surface area contributed by atoms with Crippen molar-refractivity contribution in [2.45, 2.75) is 25.2 Å². The Balaban J connectivity index is 1.34. The number of anilines is 1. The van der Waals surface area contributed by atoms with Crippen molar-refractivity contribution < 1.29 is 14.3 Å². The molecule has 0 spiro atoms. The molecule has 35 heavy (non-hydrogen) atoms. The fourth-order valence-corrected chi connectivity index (χ4v) is 4.37. The number of rotatable bonds is 6. The Morgan fingerprint density at radius 1 is 0.829 bits per heavy atom. The Morgan fingerprint density at radius 3 is 2.11 bits per heavy atom. The first-order valence-corrected chi connectivity index (χ1v) is 11.7. The lowest BCUT2D eigenvalue weighted by molar-refractivity contribution is -0.125. The Labute approximate surface area is 205 Å². The molecule has 4 aromatic rings. The van der Waals surface area contributed by atoms with Gasteiger partial charge in [0.15, 0.2) is 0 Å². The molecule has 0 unspecified atom stereocenters. The molecule has 1 fully saturated rings. The van der Waals surface area contributed by atoms with E-state index in [1.165, 1.54) is 0 Å². The van der Waals surface area contributed by atoms with Gasteiger partial charge in [-0.3, -0.25) is 4.79 Å². The second kappa shape index (κ2) is 10.1. The summed E-state index contributed by atoms with van der Waals surface area (Å²) < 4.78 is 11.5. The van der Waals surface area contributed by atoms with Gasteiger partial charge in [0.2, 0.25) is 5.91 Å². The van der Waals surface area contributed by atoms with Crippen LogP contribution in [-0.2, 0) is 14.9 Å². The predicted octanol–water partition coefficient (Wildman–Crippen LogP) is 5.93. The Kier molecular flexibility index (Phi) is 6.55. The number of hydrogen-bond donors (Lipinski definition) is 1. The van der Waals surface area contributed by atoms with Gasteiger partial charge in [0.25, 0.3) is 0 Å². The van der Waals surface area contributed by atoms with Gasteiger partial charge in [0.05, 0.1) is 5.41 Å². The SMILES string of the molecule is Cc1ncc(-c2ccc(C3(C(=O)Nc4ccc(Oc5ccccc5)cc4)CCOCC3)cc2)cn1. The van der Waals surface area contributed by atoms with Crippen molar-refractivity contribution in [2.24, 2.45) is 0 Å². The molecular weight excluding hydrogens is 438 g/mol. The molecule has 1 amide bonds. The molecule has 1 saturated heterocycles. The number of aromatic nitrogens is 2. The highest BCUT2D eigenvalue weighted by atomic mass is 16.5. The molecule has 0 saturated carbocycles. The molecule has 1 aliphatic rings. The van der Waals surface area contributed by atoms with Gasteiger partial charge in [-0.25, -0.2) is 9.97 Å². The van der Waals surface area contributed by atoms with E-state index in [1.807, 2.05) is 98.2 Å². The van der Waals surface area contributed by atoms with Crippen molar-refractivity contribution in [3.05, 3.63) is 103 Å². The highest BCUT2D eigenvalue weighted by Gasteiger charge is 2.41. The lowest BCUT2D eigenvalue weighted by atomic mass is 9.73. The van der Waals surface area contributed by atoms with Crippen LogP contribution in [0, 0.1) is 6.92 Å². The van der Waals surface area contributed by atoms with Crippen LogP contribution in [0.4, 0.5) is 5.69 Å². The molecule has 0 bridgehead atoms. The summed E-state index contributed by atoms with van der Waals surface area (Å²) in [6.07, 6.45) is 4.89. The summed E-state index contributed by atoms with van der Waals surface area (Å²) in [5.74, 6) is 2.20. The van der Waals surface area contributed by atoms with Gasteiger partial charge in [-0.05, 0) is 67.3 Å². The van der Waals surface area contributed by atoms with E-state index in [2.05, 4.69) is 15.3 Å². The van der Waals surface area contributed by atoms with Gasteiger partial charge < -0.3 is 14.8 Å². The summed E-state index contributed by atoms with van der Waals surface area (Å²) in [7, 11) is 0. The van der Waals surface area contributed by atoms with Crippen LogP contribution in [0.2, 0.25) is 0 Å². The van der Waals surface area contributed by atoms with E-state index in [0.29, 0.717) is 31.8 Å². The number of carbonyl (C=O) groups excluding carboxylic acids is 1. The molecule has 5 rings (SSSR count). The largest absolute Gasteiger partial charge is 0.457 e. The number of hydrogen-bond acceptors (Lipinski definition) is 5. The fraction of sp³-hybridized carbons (Fsp3) is 0.207. The van der Waals surface area contributed by atoms with Gasteiger partial charge >= 0.3 is 0 Å². The molecule has 6 nitrogen and oxygen atoms in total. The summed E-state index contributed by atoms with van der Waals surface area (Å²) in [4.78, 5) is 22.2. The topological polar surface area (TPSA) is 73.3 Å². The van der Waals surface area contributed by atoms with E-state index in [9.17, 15) is 4.79 Å². The second-order valence-corrected chi connectivity index (χ2v) is 8.68. The number of benzene rings is 3. The van der Waals surface area contributed by atoms with Crippen molar-refractivity contribution >= 4 is 11.6 Å². The van der Waals surface area contributed by atoms with E-state index in [-0.39, 0.29) is 5.91 Å².